The third-order valence-corrected chi connectivity index (χ3v) is 2.89. The van der Waals surface area contributed by atoms with Gasteiger partial charge >= 0.3 is 0 Å². The molecule has 3 nitrogen and oxygen atoms in total. The number of thiol groups is 1. The number of benzene rings is 1. The SMILES string of the molecule is COc1cc(C)cc(C)c1N(C)C(=O)CCS. The number of anilines is 1. The maximum absolute atomic E-state index is 11.9. The van der Waals surface area contributed by atoms with E-state index < -0.39 is 0 Å². The van der Waals surface area contributed by atoms with Crippen LogP contribution in [0, 0.1) is 13.8 Å². The molecule has 0 fully saturated rings. The zero-order chi connectivity index (χ0) is 13.0. The molecule has 0 aliphatic heterocycles. The van der Waals surface area contributed by atoms with Gasteiger partial charge in [-0.3, -0.25) is 4.79 Å². The number of rotatable bonds is 4. The lowest BCUT2D eigenvalue weighted by molar-refractivity contribution is -0.117. The van der Waals surface area contributed by atoms with Crippen LogP contribution in [0.1, 0.15) is 17.5 Å². The molecule has 0 saturated carbocycles. The molecular formula is C13H19NO2S. The van der Waals surface area contributed by atoms with Crippen molar-refractivity contribution in [3.8, 4) is 5.75 Å². The summed E-state index contributed by atoms with van der Waals surface area (Å²) < 4.78 is 5.34. The van der Waals surface area contributed by atoms with Crippen LogP contribution in [0.15, 0.2) is 12.1 Å². The Bertz CT molecular complexity index is 418. The van der Waals surface area contributed by atoms with Crippen LogP contribution in [0.5, 0.6) is 5.75 Å². The summed E-state index contributed by atoms with van der Waals surface area (Å²) in [5.74, 6) is 1.33. The largest absolute Gasteiger partial charge is 0.495 e. The summed E-state index contributed by atoms with van der Waals surface area (Å²) in [7, 11) is 3.39. The third-order valence-electron chi connectivity index (χ3n) is 2.66. The summed E-state index contributed by atoms with van der Waals surface area (Å²) in [5.41, 5.74) is 3.00. The monoisotopic (exact) mass is 253 g/mol. The number of carbonyl (C=O) groups excluding carboxylic acids is 1. The molecule has 0 aliphatic rings. The van der Waals surface area contributed by atoms with E-state index >= 15 is 0 Å². The molecule has 0 atom stereocenters. The van der Waals surface area contributed by atoms with E-state index in [0.717, 1.165) is 22.6 Å². The van der Waals surface area contributed by atoms with E-state index in [1.165, 1.54) is 0 Å². The Hall–Kier alpha value is -1.16. The molecule has 0 radical (unpaired) electrons. The van der Waals surface area contributed by atoms with E-state index in [4.69, 9.17) is 4.74 Å². The molecule has 0 heterocycles. The first-order valence-electron chi connectivity index (χ1n) is 5.54. The van der Waals surface area contributed by atoms with Crippen molar-refractivity contribution >= 4 is 24.2 Å². The molecule has 0 spiro atoms. The van der Waals surface area contributed by atoms with Gasteiger partial charge < -0.3 is 9.64 Å². The minimum absolute atomic E-state index is 0.0465. The van der Waals surface area contributed by atoms with Gasteiger partial charge in [0.25, 0.3) is 0 Å². The number of hydrogen-bond acceptors (Lipinski definition) is 3. The van der Waals surface area contributed by atoms with Crippen molar-refractivity contribution in [3.63, 3.8) is 0 Å². The fourth-order valence-electron chi connectivity index (χ4n) is 1.89. The van der Waals surface area contributed by atoms with Gasteiger partial charge in [-0.1, -0.05) is 6.07 Å². The molecule has 0 unspecified atom stereocenters. The van der Waals surface area contributed by atoms with Crippen LogP contribution in [-0.2, 0) is 4.79 Å². The molecule has 4 heteroatoms. The van der Waals surface area contributed by atoms with Gasteiger partial charge in [-0.15, -0.1) is 0 Å². The minimum atomic E-state index is 0.0465. The normalized spacial score (nSPS) is 10.2. The summed E-state index contributed by atoms with van der Waals surface area (Å²) in [5, 5.41) is 0. The molecule has 0 aromatic heterocycles. The van der Waals surface area contributed by atoms with Gasteiger partial charge in [0.15, 0.2) is 0 Å². The van der Waals surface area contributed by atoms with E-state index in [9.17, 15) is 4.79 Å². The Balaban J connectivity index is 3.16. The van der Waals surface area contributed by atoms with Gasteiger partial charge in [-0.2, -0.15) is 12.6 Å². The molecule has 0 aliphatic carbocycles. The number of hydrogen-bond donors (Lipinski definition) is 1. The van der Waals surface area contributed by atoms with Crippen LogP contribution in [0.2, 0.25) is 0 Å². The van der Waals surface area contributed by atoms with Crippen molar-refractivity contribution in [1.82, 2.24) is 0 Å². The van der Waals surface area contributed by atoms with Gasteiger partial charge in [0, 0.05) is 13.5 Å². The Labute approximate surface area is 108 Å². The van der Waals surface area contributed by atoms with Crippen molar-refractivity contribution in [2.75, 3.05) is 24.8 Å². The first-order valence-corrected chi connectivity index (χ1v) is 6.17. The summed E-state index contributed by atoms with van der Waals surface area (Å²) >= 11 is 4.08. The predicted octanol–water partition coefficient (Wildman–Crippen LogP) is 2.59. The molecule has 0 N–H and O–H groups in total. The number of ether oxygens (including phenoxy) is 1. The van der Waals surface area contributed by atoms with Crippen LogP contribution in [-0.4, -0.2) is 25.8 Å². The quantitative estimate of drug-likeness (QED) is 0.836. The summed E-state index contributed by atoms with van der Waals surface area (Å²) in [4.78, 5) is 13.5. The number of aryl methyl sites for hydroxylation is 2. The zero-order valence-corrected chi connectivity index (χ0v) is 11.7. The Morgan fingerprint density at radius 2 is 2.06 bits per heavy atom. The second-order valence-corrected chi connectivity index (χ2v) is 4.51. The smallest absolute Gasteiger partial charge is 0.227 e. The van der Waals surface area contributed by atoms with Gasteiger partial charge in [-0.25, -0.2) is 0 Å². The van der Waals surface area contributed by atoms with Crippen molar-refractivity contribution in [2.24, 2.45) is 0 Å². The average Bonchev–Trinajstić information content (AvgIpc) is 2.27. The minimum Gasteiger partial charge on any atom is -0.495 e. The topological polar surface area (TPSA) is 29.5 Å². The van der Waals surface area contributed by atoms with Crippen LogP contribution in [0.25, 0.3) is 0 Å². The molecule has 0 saturated heterocycles. The first kappa shape index (κ1) is 13.9. The number of carbonyl (C=O) groups is 1. The van der Waals surface area contributed by atoms with Crippen LogP contribution in [0.3, 0.4) is 0 Å². The second kappa shape index (κ2) is 5.96. The van der Waals surface area contributed by atoms with Crippen LogP contribution < -0.4 is 9.64 Å². The van der Waals surface area contributed by atoms with Crippen LogP contribution >= 0.6 is 12.6 Å². The number of nitrogens with zero attached hydrogens (tertiary/aromatic N) is 1. The molecule has 0 bridgehead atoms. The highest BCUT2D eigenvalue weighted by atomic mass is 32.1. The number of amides is 1. The Morgan fingerprint density at radius 3 is 2.59 bits per heavy atom. The summed E-state index contributed by atoms with van der Waals surface area (Å²) in [6.07, 6.45) is 0.427. The van der Waals surface area contributed by atoms with Gasteiger partial charge in [-0.05, 0) is 36.8 Å². The van der Waals surface area contributed by atoms with E-state index in [2.05, 4.69) is 12.6 Å². The molecule has 1 amide bonds. The Kier molecular flexibility index (Phi) is 4.87. The maximum Gasteiger partial charge on any atom is 0.227 e. The highest BCUT2D eigenvalue weighted by Gasteiger charge is 2.17. The Morgan fingerprint density at radius 1 is 1.41 bits per heavy atom. The van der Waals surface area contributed by atoms with Crippen LogP contribution in [0.4, 0.5) is 5.69 Å². The van der Waals surface area contributed by atoms with Gasteiger partial charge in [0.2, 0.25) is 5.91 Å². The lowest BCUT2D eigenvalue weighted by Crippen LogP contribution is -2.27. The van der Waals surface area contributed by atoms with E-state index in [0.29, 0.717) is 12.2 Å². The average molecular weight is 253 g/mol. The molecular weight excluding hydrogens is 234 g/mol. The molecule has 1 aromatic carbocycles. The van der Waals surface area contributed by atoms with E-state index in [1.807, 2.05) is 26.0 Å². The van der Waals surface area contributed by atoms with E-state index in [-0.39, 0.29) is 5.91 Å². The molecule has 94 valence electrons. The van der Waals surface area contributed by atoms with Gasteiger partial charge in [0.1, 0.15) is 5.75 Å². The fourth-order valence-corrected chi connectivity index (χ4v) is 2.09. The highest BCUT2D eigenvalue weighted by Crippen LogP contribution is 2.32. The molecule has 1 aromatic rings. The van der Waals surface area contributed by atoms with Crippen molar-refractivity contribution < 1.29 is 9.53 Å². The zero-order valence-electron chi connectivity index (χ0n) is 10.8. The highest BCUT2D eigenvalue weighted by molar-refractivity contribution is 7.80. The second-order valence-electron chi connectivity index (χ2n) is 4.06. The van der Waals surface area contributed by atoms with E-state index in [1.54, 1.807) is 19.1 Å². The third kappa shape index (κ3) is 3.16. The van der Waals surface area contributed by atoms with Gasteiger partial charge in [0.05, 0.1) is 12.8 Å². The van der Waals surface area contributed by atoms with Crippen molar-refractivity contribution in [2.45, 2.75) is 20.3 Å². The molecule has 1 rings (SSSR count). The number of methoxy groups -OCH3 is 1. The molecule has 17 heavy (non-hydrogen) atoms. The van der Waals surface area contributed by atoms with Crippen molar-refractivity contribution in [1.29, 1.82) is 0 Å². The maximum atomic E-state index is 11.9. The fraction of sp³-hybridized carbons (Fsp3) is 0.462. The summed E-state index contributed by atoms with van der Waals surface area (Å²) in [6.45, 7) is 3.99. The first-order chi connectivity index (χ1) is 8.01. The predicted molar refractivity (Wildman–Crippen MR) is 74.3 cm³/mol. The lowest BCUT2D eigenvalue weighted by Gasteiger charge is -2.22. The summed E-state index contributed by atoms with van der Waals surface area (Å²) in [6, 6.07) is 3.98. The standard InChI is InChI=1S/C13H19NO2S/c1-9-7-10(2)13(11(8-9)16-4)14(3)12(15)5-6-17/h7-8,17H,5-6H2,1-4H3. The van der Waals surface area contributed by atoms with Crippen molar-refractivity contribution in [3.05, 3.63) is 23.3 Å². The lowest BCUT2D eigenvalue weighted by atomic mass is 10.1.